The van der Waals surface area contributed by atoms with Crippen LogP contribution < -0.4 is 16.0 Å². The quantitative estimate of drug-likeness (QED) is 0.640. The SMILES string of the molecule is Nc1nc(NCC(=O)N2CCCc3ccccc32)ncc1[N+](=O)[O-]. The number of carbonyl (C=O) groups is 1. The summed E-state index contributed by atoms with van der Waals surface area (Å²) in [6, 6.07) is 7.80. The number of nitrogens with zero attached hydrogens (tertiary/aromatic N) is 4. The fraction of sp³-hybridized carbons (Fsp3) is 0.267. The highest BCUT2D eigenvalue weighted by molar-refractivity contribution is 5.97. The number of nitrogens with two attached hydrogens (primary N) is 1. The minimum absolute atomic E-state index is 0.0222. The predicted molar refractivity (Wildman–Crippen MR) is 88.7 cm³/mol. The molecule has 1 aliphatic rings. The van der Waals surface area contributed by atoms with Gasteiger partial charge in [-0.25, -0.2) is 4.98 Å². The van der Waals surface area contributed by atoms with E-state index in [0.717, 1.165) is 30.3 Å². The molecule has 0 bridgehead atoms. The lowest BCUT2D eigenvalue weighted by Gasteiger charge is -2.29. The maximum Gasteiger partial charge on any atom is 0.329 e. The van der Waals surface area contributed by atoms with E-state index < -0.39 is 4.92 Å². The number of nitrogens with one attached hydrogen (secondary N) is 1. The monoisotopic (exact) mass is 328 g/mol. The van der Waals surface area contributed by atoms with E-state index in [0.29, 0.717) is 6.54 Å². The molecule has 0 radical (unpaired) electrons. The van der Waals surface area contributed by atoms with Crippen LogP contribution in [0.1, 0.15) is 12.0 Å². The molecule has 1 aromatic carbocycles. The first-order valence-corrected chi connectivity index (χ1v) is 7.45. The molecule has 9 heteroatoms. The smallest absolute Gasteiger partial charge is 0.329 e. The second kappa shape index (κ2) is 6.49. The van der Waals surface area contributed by atoms with E-state index in [2.05, 4.69) is 15.3 Å². The lowest BCUT2D eigenvalue weighted by Crippen LogP contribution is -2.39. The second-order valence-corrected chi connectivity index (χ2v) is 5.35. The van der Waals surface area contributed by atoms with Gasteiger partial charge in [-0.05, 0) is 24.5 Å². The zero-order valence-corrected chi connectivity index (χ0v) is 12.8. The predicted octanol–water partition coefficient (Wildman–Crippen LogP) is 1.36. The molecule has 0 saturated carbocycles. The van der Waals surface area contributed by atoms with Crippen molar-refractivity contribution in [2.45, 2.75) is 12.8 Å². The van der Waals surface area contributed by atoms with E-state index >= 15 is 0 Å². The van der Waals surface area contributed by atoms with Crippen molar-refractivity contribution in [3.05, 3.63) is 46.1 Å². The fourth-order valence-corrected chi connectivity index (χ4v) is 2.66. The zero-order chi connectivity index (χ0) is 17.1. The van der Waals surface area contributed by atoms with Crippen LogP contribution in [0, 0.1) is 10.1 Å². The van der Waals surface area contributed by atoms with Crippen LogP contribution in [-0.2, 0) is 11.2 Å². The number of hydrogen-bond donors (Lipinski definition) is 2. The van der Waals surface area contributed by atoms with Gasteiger partial charge in [0.1, 0.15) is 6.20 Å². The van der Waals surface area contributed by atoms with Crippen molar-refractivity contribution in [2.75, 3.05) is 29.0 Å². The van der Waals surface area contributed by atoms with Gasteiger partial charge in [-0.15, -0.1) is 0 Å². The van der Waals surface area contributed by atoms with Gasteiger partial charge in [-0.2, -0.15) is 4.98 Å². The molecule has 1 aliphatic heterocycles. The number of rotatable bonds is 4. The highest BCUT2D eigenvalue weighted by atomic mass is 16.6. The Morgan fingerprint density at radius 1 is 1.42 bits per heavy atom. The molecule has 0 spiro atoms. The molecule has 1 aromatic heterocycles. The number of nitro groups is 1. The van der Waals surface area contributed by atoms with Crippen LogP contribution in [0.15, 0.2) is 30.5 Å². The van der Waals surface area contributed by atoms with E-state index in [4.69, 9.17) is 5.73 Å². The van der Waals surface area contributed by atoms with Crippen molar-refractivity contribution in [1.82, 2.24) is 9.97 Å². The standard InChI is InChI=1S/C15H16N6O3/c16-14-12(21(23)24)8-17-15(19-14)18-9-13(22)20-7-3-5-10-4-1-2-6-11(10)20/h1-2,4,6,8H,3,5,7,9H2,(H3,16,17,18,19). The molecule has 0 aliphatic carbocycles. The molecular weight excluding hydrogens is 312 g/mol. The molecule has 1 amide bonds. The third kappa shape index (κ3) is 3.09. The van der Waals surface area contributed by atoms with Gasteiger partial charge in [0.05, 0.1) is 11.5 Å². The van der Waals surface area contributed by atoms with Gasteiger partial charge in [-0.3, -0.25) is 14.9 Å². The number of amides is 1. The summed E-state index contributed by atoms with van der Waals surface area (Å²) in [4.78, 5) is 31.8. The number of carbonyl (C=O) groups excluding carboxylic acids is 1. The Hall–Kier alpha value is -3.23. The molecule has 0 atom stereocenters. The van der Waals surface area contributed by atoms with Crippen LogP contribution in [0.3, 0.4) is 0 Å². The molecule has 24 heavy (non-hydrogen) atoms. The van der Waals surface area contributed by atoms with E-state index in [1.807, 2.05) is 24.3 Å². The number of aromatic nitrogens is 2. The zero-order valence-electron chi connectivity index (χ0n) is 12.8. The minimum Gasteiger partial charge on any atom is -0.378 e. The average Bonchev–Trinajstić information content (AvgIpc) is 2.59. The van der Waals surface area contributed by atoms with Gasteiger partial charge in [-0.1, -0.05) is 18.2 Å². The summed E-state index contributed by atoms with van der Waals surface area (Å²) in [6.45, 7) is 0.631. The summed E-state index contributed by atoms with van der Waals surface area (Å²) in [5.74, 6) is -0.285. The molecule has 2 heterocycles. The Morgan fingerprint density at radius 3 is 2.96 bits per heavy atom. The third-order valence-electron chi connectivity index (χ3n) is 3.80. The van der Waals surface area contributed by atoms with E-state index in [-0.39, 0.29) is 29.9 Å². The van der Waals surface area contributed by atoms with Gasteiger partial charge in [0.15, 0.2) is 0 Å². The maximum atomic E-state index is 12.5. The van der Waals surface area contributed by atoms with Crippen molar-refractivity contribution >= 4 is 29.0 Å². The Balaban J connectivity index is 1.68. The van der Waals surface area contributed by atoms with Crippen molar-refractivity contribution in [3.63, 3.8) is 0 Å². The van der Waals surface area contributed by atoms with Crippen molar-refractivity contribution in [3.8, 4) is 0 Å². The molecule has 0 unspecified atom stereocenters. The highest BCUT2D eigenvalue weighted by Crippen LogP contribution is 2.26. The molecule has 124 valence electrons. The summed E-state index contributed by atoms with van der Waals surface area (Å²) in [5.41, 5.74) is 7.21. The lowest BCUT2D eigenvalue weighted by atomic mass is 10.0. The number of hydrogen-bond acceptors (Lipinski definition) is 7. The van der Waals surface area contributed by atoms with Crippen LogP contribution in [0.5, 0.6) is 0 Å². The largest absolute Gasteiger partial charge is 0.378 e. The van der Waals surface area contributed by atoms with Gasteiger partial charge in [0.2, 0.25) is 17.7 Å². The Labute approximate surface area is 137 Å². The number of fused-ring (bicyclic) bond motifs is 1. The number of benzene rings is 1. The van der Waals surface area contributed by atoms with E-state index in [9.17, 15) is 14.9 Å². The molecule has 9 nitrogen and oxygen atoms in total. The minimum atomic E-state index is -0.658. The summed E-state index contributed by atoms with van der Waals surface area (Å²) < 4.78 is 0. The molecule has 3 N–H and O–H groups in total. The third-order valence-corrected chi connectivity index (χ3v) is 3.80. The fourth-order valence-electron chi connectivity index (χ4n) is 2.66. The molecule has 3 rings (SSSR count). The molecule has 0 saturated heterocycles. The Kier molecular flexibility index (Phi) is 4.23. The summed E-state index contributed by atoms with van der Waals surface area (Å²) in [7, 11) is 0. The average molecular weight is 328 g/mol. The van der Waals surface area contributed by atoms with Crippen LogP contribution in [0.2, 0.25) is 0 Å². The summed E-state index contributed by atoms with van der Waals surface area (Å²) in [5, 5.41) is 13.5. The lowest BCUT2D eigenvalue weighted by molar-refractivity contribution is -0.384. The second-order valence-electron chi connectivity index (χ2n) is 5.35. The summed E-state index contributed by atoms with van der Waals surface area (Å²) >= 11 is 0. The van der Waals surface area contributed by atoms with Crippen LogP contribution in [0.4, 0.5) is 23.1 Å². The number of nitrogen functional groups attached to an aromatic ring is 1. The first-order chi connectivity index (χ1) is 11.6. The molecule has 0 fully saturated rings. The highest BCUT2D eigenvalue weighted by Gasteiger charge is 2.22. The van der Waals surface area contributed by atoms with Gasteiger partial charge in [0, 0.05) is 12.2 Å². The van der Waals surface area contributed by atoms with E-state index in [1.165, 1.54) is 0 Å². The van der Waals surface area contributed by atoms with Crippen LogP contribution in [-0.4, -0.2) is 33.9 Å². The Morgan fingerprint density at radius 2 is 2.21 bits per heavy atom. The number of para-hydroxylation sites is 1. The van der Waals surface area contributed by atoms with Crippen LogP contribution in [0.25, 0.3) is 0 Å². The Bertz CT molecular complexity index is 795. The summed E-state index contributed by atoms with van der Waals surface area (Å²) in [6.07, 6.45) is 2.88. The van der Waals surface area contributed by atoms with E-state index in [1.54, 1.807) is 4.90 Å². The van der Waals surface area contributed by atoms with Gasteiger partial charge in [0.25, 0.3) is 0 Å². The molecule has 2 aromatic rings. The molecular formula is C15H16N6O3. The van der Waals surface area contributed by atoms with Gasteiger partial charge < -0.3 is 16.0 Å². The van der Waals surface area contributed by atoms with Crippen LogP contribution >= 0.6 is 0 Å². The van der Waals surface area contributed by atoms with Crippen molar-refractivity contribution in [2.24, 2.45) is 0 Å². The normalized spacial score (nSPS) is 13.2. The maximum absolute atomic E-state index is 12.5. The number of aryl methyl sites for hydroxylation is 1. The topological polar surface area (TPSA) is 127 Å². The first kappa shape index (κ1) is 15.7. The first-order valence-electron chi connectivity index (χ1n) is 7.45. The van der Waals surface area contributed by atoms with Crippen molar-refractivity contribution < 1.29 is 9.72 Å². The van der Waals surface area contributed by atoms with Gasteiger partial charge >= 0.3 is 5.69 Å². The van der Waals surface area contributed by atoms with Crippen molar-refractivity contribution in [1.29, 1.82) is 0 Å². The number of anilines is 3.